The summed E-state index contributed by atoms with van der Waals surface area (Å²) < 4.78 is 5.50. The maximum atomic E-state index is 16.0. The van der Waals surface area contributed by atoms with E-state index in [-0.39, 0.29) is 48.3 Å². The number of imidazole rings is 2. The van der Waals surface area contributed by atoms with Crippen LogP contribution in [0.25, 0.3) is 44.1 Å². The molecular weight excluding hydrogens is 1100 g/mol. The number of thioether (sulfide) groups is 1. The summed E-state index contributed by atoms with van der Waals surface area (Å²) in [4.78, 5) is 79.5. The van der Waals surface area contributed by atoms with Gasteiger partial charge in [0.15, 0.2) is 0 Å². The molecule has 1 aliphatic carbocycles. The van der Waals surface area contributed by atoms with Crippen LogP contribution in [0.4, 0.5) is 16.2 Å². The largest absolute Gasteiger partial charge is 0.350 e. The van der Waals surface area contributed by atoms with Crippen molar-refractivity contribution in [3.05, 3.63) is 216 Å². The summed E-state index contributed by atoms with van der Waals surface area (Å²) in [6.07, 6.45) is 11.7. The van der Waals surface area contributed by atoms with Gasteiger partial charge in [0.05, 0.1) is 65.9 Å². The van der Waals surface area contributed by atoms with Crippen LogP contribution in [-0.2, 0) is 31.0 Å². The summed E-state index contributed by atoms with van der Waals surface area (Å²) in [7, 11) is 0. The average molecular weight is 1170 g/mol. The zero-order valence-electron chi connectivity index (χ0n) is 48.7. The van der Waals surface area contributed by atoms with Gasteiger partial charge in [-0.05, 0) is 102 Å². The number of carbonyl (C=O) groups excluding carboxylic acids is 4. The lowest BCUT2D eigenvalue weighted by molar-refractivity contribution is -0.123. The molecule has 87 heavy (non-hydrogen) atoms. The fraction of sp³-hybridized carbons (Fsp3) is 0.257. The Bertz CT molecular complexity index is 4230. The molecule has 0 bridgehead atoms. The standard InChI is InChI=1S/C70H66N12O4S/c1-47(2)41-80(56-27-29-62-60(35-56)64(53-14-8-4-9-15-53)66(69(85)77-30-32-87-33-31-77)82(62)70(86)75-40-57-38-73-45-78(57)42-50-22-18-48(36-71)19-23-50)68(84)65-63(52-12-6-3-7-13-52)59-34-55(26-28-61(59)76-65)81(67(83)54-16-10-5-11-17-54)44-58-39-74-46-79(58)43-51-24-20-49(37-72)21-25-51/h3-4,6-9,12-15,18-29,34-35,38-39,45-47,54,76H,5,10-11,16-17,30-33,40-44H2,1-2H3,(H,75,86). The fourth-order valence-corrected chi connectivity index (χ4v) is 13.1. The van der Waals surface area contributed by atoms with Crippen molar-refractivity contribution >= 4 is 68.7 Å². The van der Waals surface area contributed by atoms with Gasteiger partial charge in [0.1, 0.15) is 11.4 Å². The molecule has 12 rings (SSSR count). The number of amides is 4. The number of anilines is 2. The highest BCUT2D eigenvalue weighted by Crippen LogP contribution is 2.41. The molecule has 10 aromatic rings. The molecule has 2 aliphatic rings. The maximum absolute atomic E-state index is 16.0. The summed E-state index contributed by atoms with van der Waals surface area (Å²) in [6.45, 7) is 6.87. The van der Waals surface area contributed by atoms with E-state index in [2.05, 4.69) is 46.3 Å². The molecule has 16 nitrogen and oxygen atoms in total. The van der Waals surface area contributed by atoms with E-state index in [1.54, 1.807) is 47.6 Å². The lowest BCUT2D eigenvalue weighted by atomic mass is 9.88. The van der Waals surface area contributed by atoms with Crippen LogP contribution in [0, 0.1) is 34.5 Å². The summed E-state index contributed by atoms with van der Waals surface area (Å²) in [6, 6.07) is 49.8. The van der Waals surface area contributed by atoms with Gasteiger partial charge < -0.3 is 34.1 Å². The first-order valence-electron chi connectivity index (χ1n) is 29.7. The van der Waals surface area contributed by atoms with Gasteiger partial charge in [-0.3, -0.25) is 19.0 Å². The van der Waals surface area contributed by atoms with Crippen molar-refractivity contribution in [3.8, 4) is 34.4 Å². The lowest BCUT2D eigenvalue weighted by Crippen LogP contribution is -2.40. The van der Waals surface area contributed by atoms with Crippen LogP contribution in [0.2, 0.25) is 0 Å². The number of hydrogen-bond donors (Lipinski definition) is 2. The third-order valence-corrected chi connectivity index (χ3v) is 17.6. The zero-order chi connectivity index (χ0) is 60.0. The zero-order valence-corrected chi connectivity index (χ0v) is 49.5. The van der Waals surface area contributed by atoms with Crippen LogP contribution in [0.1, 0.15) is 101 Å². The first-order chi connectivity index (χ1) is 42.5. The van der Waals surface area contributed by atoms with Gasteiger partial charge in [0.2, 0.25) is 5.91 Å². The van der Waals surface area contributed by atoms with Gasteiger partial charge in [-0.2, -0.15) is 22.3 Å². The lowest BCUT2D eigenvalue weighted by Gasteiger charge is -2.30. The highest BCUT2D eigenvalue weighted by molar-refractivity contribution is 7.99. The molecular formula is C70H66N12O4S. The van der Waals surface area contributed by atoms with E-state index < -0.39 is 6.03 Å². The number of rotatable bonds is 17. The predicted octanol–water partition coefficient (Wildman–Crippen LogP) is 13.1. The molecule has 0 spiro atoms. The van der Waals surface area contributed by atoms with Crippen LogP contribution in [0.3, 0.4) is 0 Å². The Balaban J connectivity index is 0.946. The van der Waals surface area contributed by atoms with Crippen molar-refractivity contribution in [1.29, 1.82) is 10.5 Å². The van der Waals surface area contributed by atoms with Gasteiger partial charge in [-0.15, -0.1) is 0 Å². The van der Waals surface area contributed by atoms with Gasteiger partial charge in [0, 0.05) is 101 Å². The highest BCUT2D eigenvalue weighted by Gasteiger charge is 2.34. The van der Waals surface area contributed by atoms with E-state index in [1.165, 1.54) is 4.57 Å². The molecule has 4 aromatic heterocycles. The highest BCUT2D eigenvalue weighted by atomic mass is 32.2. The Morgan fingerprint density at radius 3 is 1.87 bits per heavy atom. The van der Waals surface area contributed by atoms with E-state index in [9.17, 15) is 10.5 Å². The topological polar surface area (TPSA) is 194 Å². The van der Waals surface area contributed by atoms with Crippen molar-refractivity contribution in [2.45, 2.75) is 72.1 Å². The molecule has 2 N–H and O–H groups in total. The molecule has 4 amide bonds. The van der Waals surface area contributed by atoms with E-state index >= 15 is 19.2 Å². The Morgan fingerprint density at radius 2 is 1.25 bits per heavy atom. The molecule has 436 valence electrons. The van der Waals surface area contributed by atoms with Crippen LogP contribution < -0.4 is 15.1 Å². The Labute approximate surface area is 509 Å². The third kappa shape index (κ3) is 12.2. The van der Waals surface area contributed by atoms with Crippen LogP contribution >= 0.6 is 11.8 Å². The minimum Gasteiger partial charge on any atom is -0.350 e. The minimum atomic E-state index is -0.497. The molecule has 1 aliphatic heterocycles. The molecule has 6 aromatic carbocycles. The molecule has 0 atom stereocenters. The summed E-state index contributed by atoms with van der Waals surface area (Å²) >= 11 is 1.79. The van der Waals surface area contributed by atoms with Gasteiger partial charge in [-0.25, -0.2) is 14.8 Å². The number of nitrogens with one attached hydrogen (secondary N) is 2. The average Bonchev–Trinajstić information content (AvgIpc) is 1.65. The van der Waals surface area contributed by atoms with Crippen LogP contribution in [0.5, 0.6) is 0 Å². The normalized spacial score (nSPS) is 13.6. The molecule has 1 saturated heterocycles. The van der Waals surface area contributed by atoms with Crippen molar-refractivity contribution in [2.75, 3.05) is 40.9 Å². The molecule has 17 heteroatoms. The fourth-order valence-electron chi connectivity index (χ4n) is 12.2. The smallest absolute Gasteiger partial charge is 0.327 e. The Morgan fingerprint density at radius 1 is 0.678 bits per heavy atom. The summed E-state index contributed by atoms with van der Waals surface area (Å²) in [5.74, 6) is 0.913. The number of fused-ring (bicyclic) bond motifs is 2. The number of aromatic amines is 1. The van der Waals surface area contributed by atoms with Crippen LogP contribution in [-0.4, -0.2) is 88.4 Å². The van der Waals surface area contributed by atoms with E-state index in [1.807, 2.05) is 159 Å². The first kappa shape index (κ1) is 57.5. The number of nitriles is 2. The van der Waals surface area contributed by atoms with E-state index in [0.717, 1.165) is 88.2 Å². The van der Waals surface area contributed by atoms with E-state index in [4.69, 9.17) is 0 Å². The van der Waals surface area contributed by atoms with Gasteiger partial charge in [-0.1, -0.05) is 118 Å². The quantitative estimate of drug-likeness (QED) is 0.0892. The van der Waals surface area contributed by atoms with Crippen molar-refractivity contribution in [3.63, 3.8) is 0 Å². The molecule has 0 radical (unpaired) electrons. The second-order valence-electron chi connectivity index (χ2n) is 22.9. The number of aromatic nitrogens is 6. The monoisotopic (exact) mass is 1170 g/mol. The van der Waals surface area contributed by atoms with E-state index in [0.29, 0.717) is 82.9 Å². The van der Waals surface area contributed by atoms with Crippen molar-refractivity contribution in [2.24, 2.45) is 11.8 Å². The van der Waals surface area contributed by atoms with Gasteiger partial charge in [0.25, 0.3) is 11.8 Å². The van der Waals surface area contributed by atoms with Crippen molar-refractivity contribution < 1.29 is 19.2 Å². The number of nitrogens with zero attached hydrogens (tertiary/aromatic N) is 10. The number of H-pyrrole nitrogens is 1. The maximum Gasteiger partial charge on any atom is 0.327 e. The Kier molecular flexibility index (Phi) is 17.0. The van der Waals surface area contributed by atoms with Crippen LogP contribution in [0.15, 0.2) is 171 Å². The molecule has 5 heterocycles. The SMILES string of the molecule is CC(C)CN(C(=O)c1[nH]c2ccc(N(Cc3cncn3Cc3ccc(C#N)cc3)C(=O)C3CCCCC3)cc2c1-c1ccccc1)c1ccc2c(c1)c(-c1ccccc1)c(C(=O)N1CCSCC1)n2C(=O)NCc1cncn1Cc1ccc(C#N)cc1. The predicted molar refractivity (Wildman–Crippen MR) is 341 cm³/mol. The van der Waals surface area contributed by atoms with Crippen molar-refractivity contribution in [1.82, 2.24) is 38.9 Å². The molecule has 1 saturated carbocycles. The second kappa shape index (κ2) is 25.7. The summed E-state index contributed by atoms with van der Waals surface area (Å²) in [5.41, 5.74) is 10.7. The second-order valence-corrected chi connectivity index (χ2v) is 24.1. The first-order valence-corrected chi connectivity index (χ1v) is 30.9. The molecule has 2 fully saturated rings. The molecule has 0 unspecified atom stereocenters. The summed E-state index contributed by atoms with van der Waals surface area (Å²) in [5, 5.41) is 23.4. The minimum absolute atomic E-state index is 0.00828. The van der Waals surface area contributed by atoms with Gasteiger partial charge >= 0.3 is 6.03 Å². The number of carbonyl (C=O) groups is 4. The third-order valence-electron chi connectivity index (χ3n) is 16.6. The number of benzene rings is 6. The Hall–Kier alpha value is -9.97. The number of hydrogen-bond acceptors (Lipinski definition) is 9.